The Labute approximate surface area is 112 Å². The summed E-state index contributed by atoms with van der Waals surface area (Å²) in [6.45, 7) is 0. The molecule has 7 heteroatoms. The van der Waals surface area contributed by atoms with Gasteiger partial charge in [-0.15, -0.1) is 0 Å². The van der Waals surface area contributed by atoms with Gasteiger partial charge in [-0.25, -0.2) is 4.39 Å². The van der Waals surface area contributed by atoms with Crippen LogP contribution in [0.5, 0.6) is 5.75 Å². The summed E-state index contributed by atoms with van der Waals surface area (Å²) in [5.41, 5.74) is -0.0311. The number of phenols is 1. The fraction of sp³-hybridized carbons (Fsp3) is 0. The van der Waals surface area contributed by atoms with E-state index in [1.54, 1.807) is 0 Å². The third kappa shape index (κ3) is 2.89. The van der Waals surface area contributed by atoms with E-state index in [0.29, 0.717) is 0 Å². The van der Waals surface area contributed by atoms with Gasteiger partial charge in [-0.1, -0.05) is 0 Å². The van der Waals surface area contributed by atoms with Crippen molar-refractivity contribution in [3.8, 4) is 5.75 Å². The SMILES string of the molecule is O=C(Nc1ccc([N+](=O)[O-])c(O)c1)c1ccc(F)cc1. The number of amides is 1. The summed E-state index contributed by atoms with van der Waals surface area (Å²) < 4.78 is 12.7. The van der Waals surface area contributed by atoms with Gasteiger partial charge in [-0.3, -0.25) is 14.9 Å². The van der Waals surface area contributed by atoms with E-state index in [1.165, 1.54) is 18.2 Å². The lowest BCUT2D eigenvalue weighted by atomic mass is 10.2. The second kappa shape index (κ2) is 5.35. The zero-order valence-corrected chi connectivity index (χ0v) is 10.0. The number of nitrogens with one attached hydrogen (secondary N) is 1. The number of phenolic OH excluding ortho intramolecular Hbond substituents is 1. The van der Waals surface area contributed by atoms with Crippen LogP contribution in [0.1, 0.15) is 10.4 Å². The van der Waals surface area contributed by atoms with Gasteiger partial charge in [0.2, 0.25) is 0 Å². The van der Waals surface area contributed by atoms with E-state index in [0.717, 1.165) is 24.3 Å². The Morgan fingerprint density at radius 2 is 1.85 bits per heavy atom. The highest BCUT2D eigenvalue weighted by Gasteiger charge is 2.14. The molecule has 0 aliphatic carbocycles. The highest BCUT2D eigenvalue weighted by atomic mass is 19.1. The maximum atomic E-state index is 12.7. The van der Waals surface area contributed by atoms with Crippen LogP contribution >= 0.6 is 0 Å². The van der Waals surface area contributed by atoms with Crippen LogP contribution in [0, 0.1) is 15.9 Å². The zero-order chi connectivity index (χ0) is 14.7. The molecule has 0 fully saturated rings. The normalized spacial score (nSPS) is 10.1. The number of hydrogen-bond donors (Lipinski definition) is 2. The van der Waals surface area contributed by atoms with E-state index in [9.17, 15) is 24.4 Å². The fourth-order valence-corrected chi connectivity index (χ4v) is 1.56. The van der Waals surface area contributed by atoms with Crippen molar-refractivity contribution in [3.63, 3.8) is 0 Å². The summed E-state index contributed by atoms with van der Waals surface area (Å²) in [7, 11) is 0. The lowest BCUT2D eigenvalue weighted by molar-refractivity contribution is -0.385. The monoisotopic (exact) mass is 276 g/mol. The molecular formula is C13H9FN2O4. The highest BCUT2D eigenvalue weighted by molar-refractivity contribution is 6.04. The van der Waals surface area contributed by atoms with Crippen molar-refractivity contribution >= 4 is 17.3 Å². The molecule has 2 aromatic rings. The second-order valence-corrected chi connectivity index (χ2v) is 3.92. The van der Waals surface area contributed by atoms with Crippen LogP contribution in [0.3, 0.4) is 0 Å². The molecule has 2 rings (SSSR count). The molecule has 0 saturated heterocycles. The molecule has 0 heterocycles. The van der Waals surface area contributed by atoms with Crippen LogP contribution in [0.4, 0.5) is 15.8 Å². The first-order valence-corrected chi connectivity index (χ1v) is 5.51. The van der Waals surface area contributed by atoms with Gasteiger partial charge in [0.1, 0.15) is 5.82 Å². The molecule has 0 aliphatic rings. The first kappa shape index (κ1) is 13.5. The van der Waals surface area contributed by atoms with Crippen LogP contribution in [0.15, 0.2) is 42.5 Å². The van der Waals surface area contributed by atoms with E-state index < -0.39 is 28.1 Å². The first-order valence-electron chi connectivity index (χ1n) is 5.51. The summed E-state index contributed by atoms with van der Waals surface area (Å²) >= 11 is 0. The topological polar surface area (TPSA) is 92.5 Å². The Kier molecular flexibility index (Phi) is 3.60. The van der Waals surface area contributed by atoms with Gasteiger partial charge >= 0.3 is 5.69 Å². The van der Waals surface area contributed by atoms with Gasteiger partial charge < -0.3 is 10.4 Å². The van der Waals surface area contributed by atoms with Crippen LogP contribution in [-0.2, 0) is 0 Å². The van der Waals surface area contributed by atoms with Crippen LogP contribution in [-0.4, -0.2) is 15.9 Å². The molecule has 0 aromatic heterocycles. The number of nitro benzene ring substituents is 1. The number of halogens is 1. The molecule has 0 radical (unpaired) electrons. The predicted molar refractivity (Wildman–Crippen MR) is 69.1 cm³/mol. The van der Waals surface area contributed by atoms with Gasteiger partial charge in [0.25, 0.3) is 5.91 Å². The fourth-order valence-electron chi connectivity index (χ4n) is 1.56. The minimum absolute atomic E-state index is 0.197. The Bertz CT molecular complexity index is 671. The Morgan fingerprint density at radius 3 is 2.40 bits per heavy atom. The third-order valence-corrected chi connectivity index (χ3v) is 2.54. The smallest absolute Gasteiger partial charge is 0.310 e. The molecule has 0 aliphatic heterocycles. The second-order valence-electron chi connectivity index (χ2n) is 3.92. The minimum atomic E-state index is -0.735. The lowest BCUT2D eigenvalue weighted by Crippen LogP contribution is -2.11. The molecule has 0 unspecified atom stereocenters. The first-order chi connectivity index (χ1) is 9.47. The Balaban J connectivity index is 2.18. The van der Waals surface area contributed by atoms with Crippen molar-refractivity contribution in [2.75, 3.05) is 5.32 Å². The molecule has 0 atom stereocenters. The predicted octanol–water partition coefficient (Wildman–Crippen LogP) is 2.69. The number of nitro groups is 1. The molecule has 2 N–H and O–H groups in total. The van der Waals surface area contributed by atoms with Crippen molar-refractivity contribution < 1.29 is 19.2 Å². The largest absolute Gasteiger partial charge is 0.502 e. The average Bonchev–Trinajstić information content (AvgIpc) is 2.39. The molecule has 0 bridgehead atoms. The quantitative estimate of drug-likeness (QED) is 0.665. The van der Waals surface area contributed by atoms with Crippen molar-refractivity contribution in [2.24, 2.45) is 0 Å². The van der Waals surface area contributed by atoms with Gasteiger partial charge in [-0.2, -0.15) is 0 Å². The van der Waals surface area contributed by atoms with E-state index >= 15 is 0 Å². The third-order valence-electron chi connectivity index (χ3n) is 2.54. The summed E-state index contributed by atoms with van der Waals surface area (Å²) in [6.07, 6.45) is 0. The molecular weight excluding hydrogens is 267 g/mol. The number of anilines is 1. The number of rotatable bonds is 3. The number of aromatic hydroxyl groups is 1. The molecule has 0 saturated carbocycles. The summed E-state index contributed by atoms with van der Waals surface area (Å²) in [5.74, 6) is -1.53. The molecule has 2 aromatic carbocycles. The van der Waals surface area contributed by atoms with E-state index in [4.69, 9.17) is 0 Å². The van der Waals surface area contributed by atoms with Crippen LogP contribution in [0.25, 0.3) is 0 Å². The van der Waals surface area contributed by atoms with Gasteiger partial charge in [0, 0.05) is 23.4 Å². The summed E-state index contributed by atoms with van der Waals surface area (Å²) in [5, 5.41) is 22.4. The van der Waals surface area contributed by atoms with E-state index in [-0.39, 0.29) is 11.3 Å². The number of nitrogens with zero attached hydrogens (tertiary/aromatic N) is 1. The van der Waals surface area contributed by atoms with Crippen molar-refractivity contribution in [1.82, 2.24) is 0 Å². The van der Waals surface area contributed by atoms with E-state index in [2.05, 4.69) is 5.32 Å². The van der Waals surface area contributed by atoms with Gasteiger partial charge in [0.05, 0.1) is 4.92 Å². The zero-order valence-electron chi connectivity index (χ0n) is 10.0. The van der Waals surface area contributed by atoms with Crippen molar-refractivity contribution in [1.29, 1.82) is 0 Å². The number of benzene rings is 2. The average molecular weight is 276 g/mol. The number of carbonyl (C=O) groups is 1. The van der Waals surface area contributed by atoms with Gasteiger partial charge in [-0.05, 0) is 30.3 Å². The van der Waals surface area contributed by atoms with Crippen LogP contribution in [0.2, 0.25) is 0 Å². The maximum Gasteiger partial charge on any atom is 0.310 e. The van der Waals surface area contributed by atoms with Gasteiger partial charge in [0.15, 0.2) is 5.75 Å². The molecule has 1 amide bonds. The van der Waals surface area contributed by atoms with E-state index in [1.807, 2.05) is 0 Å². The standard InChI is InChI=1S/C13H9FN2O4/c14-9-3-1-8(2-4-9)13(18)15-10-5-6-11(16(19)20)12(17)7-10/h1-7,17H,(H,15,18). The molecule has 20 heavy (non-hydrogen) atoms. The molecule has 102 valence electrons. The lowest BCUT2D eigenvalue weighted by Gasteiger charge is -2.05. The number of carbonyl (C=O) groups excluding carboxylic acids is 1. The van der Waals surface area contributed by atoms with Crippen molar-refractivity contribution in [3.05, 3.63) is 64.0 Å². The van der Waals surface area contributed by atoms with Crippen LogP contribution < -0.4 is 5.32 Å². The number of hydrogen-bond acceptors (Lipinski definition) is 4. The molecule has 0 spiro atoms. The minimum Gasteiger partial charge on any atom is -0.502 e. The Morgan fingerprint density at radius 1 is 1.20 bits per heavy atom. The van der Waals surface area contributed by atoms with Crippen molar-refractivity contribution in [2.45, 2.75) is 0 Å². The maximum absolute atomic E-state index is 12.7. The summed E-state index contributed by atoms with van der Waals surface area (Å²) in [4.78, 5) is 21.6. The summed E-state index contributed by atoms with van der Waals surface area (Å²) in [6, 6.07) is 8.32. The Hall–Kier alpha value is -2.96. The highest BCUT2D eigenvalue weighted by Crippen LogP contribution is 2.28. The molecule has 6 nitrogen and oxygen atoms in total.